The third-order valence-electron chi connectivity index (χ3n) is 1.44. The zero-order valence-electron chi connectivity index (χ0n) is 5.33. The van der Waals surface area contributed by atoms with E-state index in [4.69, 9.17) is 0 Å². The summed E-state index contributed by atoms with van der Waals surface area (Å²) in [5, 5.41) is 0. The molecule has 0 aromatic heterocycles. The molecule has 1 unspecified atom stereocenters. The van der Waals surface area contributed by atoms with Crippen LogP contribution in [0.3, 0.4) is 0 Å². The summed E-state index contributed by atoms with van der Waals surface area (Å²) in [5.41, 5.74) is 0. The third-order valence-corrected chi connectivity index (χ3v) is 1.44. The van der Waals surface area contributed by atoms with Crippen LogP contribution in [0.15, 0.2) is 12.7 Å². The molecule has 1 atom stereocenters. The number of carbonyl (C=O) groups excluding carboxylic acids is 1. The molecule has 1 amide bonds. The zero-order chi connectivity index (χ0) is 6.85. The van der Waals surface area contributed by atoms with E-state index in [0.717, 1.165) is 0 Å². The van der Waals surface area contributed by atoms with Gasteiger partial charge in [-0.1, -0.05) is 6.08 Å². The molecule has 0 bridgehead atoms. The van der Waals surface area contributed by atoms with Gasteiger partial charge < -0.3 is 9.64 Å². The van der Waals surface area contributed by atoms with Crippen molar-refractivity contribution < 1.29 is 9.53 Å². The minimum Gasteiger partial charge on any atom is -0.447 e. The largest absolute Gasteiger partial charge is 0.447 e. The first-order valence-corrected chi connectivity index (χ1v) is 2.78. The molecular formula is C6H9NO2. The molecule has 1 aliphatic heterocycles. The van der Waals surface area contributed by atoms with Crippen LogP contribution in [0.1, 0.15) is 0 Å². The van der Waals surface area contributed by atoms with Gasteiger partial charge in [0.1, 0.15) is 6.61 Å². The monoisotopic (exact) mass is 127 g/mol. The van der Waals surface area contributed by atoms with E-state index in [2.05, 4.69) is 11.3 Å². The van der Waals surface area contributed by atoms with Crippen molar-refractivity contribution in [3.63, 3.8) is 0 Å². The van der Waals surface area contributed by atoms with E-state index in [-0.39, 0.29) is 12.1 Å². The van der Waals surface area contributed by atoms with Crippen molar-refractivity contribution in [3.05, 3.63) is 12.7 Å². The van der Waals surface area contributed by atoms with Crippen LogP contribution in [-0.4, -0.2) is 30.7 Å². The molecule has 3 nitrogen and oxygen atoms in total. The van der Waals surface area contributed by atoms with E-state index in [1.54, 1.807) is 13.1 Å². The average Bonchev–Trinajstić information content (AvgIpc) is 2.15. The number of ether oxygens (including phenoxy) is 1. The van der Waals surface area contributed by atoms with Crippen LogP contribution in [0.5, 0.6) is 0 Å². The Hall–Kier alpha value is -0.990. The molecule has 0 spiro atoms. The first kappa shape index (κ1) is 6.13. The van der Waals surface area contributed by atoms with E-state index in [0.29, 0.717) is 6.61 Å². The summed E-state index contributed by atoms with van der Waals surface area (Å²) >= 11 is 0. The Morgan fingerprint density at radius 1 is 2.00 bits per heavy atom. The van der Waals surface area contributed by atoms with E-state index in [1.165, 1.54) is 4.90 Å². The minimum absolute atomic E-state index is 0.0671. The van der Waals surface area contributed by atoms with Crippen molar-refractivity contribution in [1.82, 2.24) is 4.90 Å². The van der Waals surface area contributed by atoms with Crippen LogP contribution in [0, 0.1) is 0 Å². The lowest BCUT2D eigenvalue weighted by molar-refractivity contribution is 0.163. The first-order chi connectivity index (χ1) is 4.25. The molecule has 3 heteroatoms. The molecule has 1 fully saturated rings. The fourth-order valence-corrected chi connectivity index (χ4v) is 0.732. The SMILES string of the molecule is C=CC1COC(=O)N1C. The molecule has 0 N–H and O–H groups in total. The smallest absolute Gasteiger partial charge is 0.410 e. The summed E-state index contributed by atoms with van der Waals surface area (Å²) in [7, 11) is 1.70. The lowest BCUT2D eigenvalue weighted by Crippen LogP contribution is -2.26. The minimum atomic E-state index is -0.264. The topological polar surface area (TPSA) is 29.5 Å². The Morgan fingerprint density at radius 2 is 2.67 bits per heavy atom. The molecule has 9 heavy (non-hydrogen) atoms. The number of amides is 1. The predicted molar refractivity (Wildman–Crippen MR) is 33.1 cm³/mol. The van der Waals surface area contributed by atoms with Crippen LogP contribution >= 0.6 is 0 Å². The van der Waals surface area contributed by atoms with Gasteiger partial charge in [0.2, 0.25) is 0 Å². The van der Waals surface area contributed by atoms with Crippen LogP contribution in [0.4, 0.5) is 4.79 Å². The van der Waals surface area contributed by atoms with E-state index < -0.39 is 0 Å². The summed E-state index contributed by atoms with van der Waals surface area (Å²) in [6.45, 7) is 4.00. The Bertz CT molecular complexity index is 144. The second-order valence-corrected chi connectivity index (χ2v) is 1.99. The number of nitrogens with zero attached hydrogens (tertiary/aromatic N) is 1. The predicted octanol–water partition coefficient (Wildman–Crippen LogP) is 0.623. The van der Waals surface area contributed by atoms with Gasteiger partial charge in [-0.05, 0) is 0 Å². The molecule has 0 radical (unpaired) electrons. The molecule has 1 rings (SSSR count). The second-order valence-electron chi connectivity index (χ2n) is 1.99. The molecule has 50 valence electrons. The second kappa shape index (κ2) is 2.09. The quantitative estimate of drug-likeness (QED) is 0.483. The average molecular weight is 127 g/mol. The number of likely N-dealkylation sites (N-methyl/N-ethyl adjacent to an activating group) is 1. The van der Waals surface area contributed by atoms with Gasteiger partial charge in [-0.3, -0.25) is 0 Å². The highest BCUT2D eigenvalue weighted by molar-refractivity contribution is 5.70. The standard InChI is InChI=1S/C6H9NO2/c1-3-5-4-9-6(8)7(5)2/h3,5H,1,4H2,2H3. The number of hydrogen-bond donors (Lipinski definition) is 0. The van der Waals surface area contributed by atoms with Gasteiger partial charge in [0.15, 0.2) is 0 Å². The lowest BCUT2D eigenvalue weighted by atomic mass is 10.3. The summed E-state index contributed by atoms with van der Waals surface area (Å²) in [6.07, 6.45) is 1.44. The maximum atomic E-state index is 10.6. The van der Waals surface area contributed by atoms with E-state index >= 15 is 0 Å². The molecule has 0 aliphatic carbocycles. The Labute approximate surface area is 53.9 Å². The zero-order valence-corrected chi connectivity index (χ0v) is 5.33. The summed E-state index contributed by atoms with van der Waals surface area (Å²) < 4.78 is 4.68. The number of cyclic esters (lactones) is 1. The molecular weight excluding hydrogens is 118 g/mol. The van der Waals surface area contributed by atoms with Crippen LogP contribution in [-0.2, 0) is 4.74 Å². The van der Waals surface area contributed by atoms with E-state index in [1.807, 2.05) is 0 Å². The maximum Gasteiger partial charge on any atom is 0.410 e. The van der Waals surface area contributed by atoms with Crippen molar-refractivity contribution in [2.45, 2.75) is 6.04 Å². The highest BCUT2D eigenvalue weighted by Crippen LogP contribution is 2.08. The number of rotatable bonds is 1. The van der Waals surface area contributed by atoms with Gasteiger partial charge in [0, 0.05) is 7.05 Å². The van der Waals surface area contributed by atoms with Gasteiger partial charge >= 0.3 is 6.09 Å². The van der Waals surface area contributed by atoms with Crippen molar-refractivity contribution in [2.24, 2.45) is 0 Å². The highest BCUT2D eigenvalue weighted by atomic mass is 16.6. The Balaban J connectivity index is 2.61. The lowest BCUT2D eigenvalue weighted by Gasteiger charge is -2.09. The van der Waals surface area contributed by atoms with Gasteiger partial charge in [0.05, 0.1) is 6.04 Å². The van der Waals surface area contributed by atoms with Crippen molar-refractivity contribution in [2.75, 3.05) is 13.7 Å². The fourth-order valence-electron chi connectivity index (χ4n) is 0.732. The number of carbonyl (C=O) groups is 1. The molecule has 0 aromatic carbocycles. The molecule has 1 heterocycles. The van der Waals surface area contributed by atoms with Crippen LogP contribution in [0.25, 0.3) is 0 Å². The van der Waals surface area contributed by atoms with Gasteiger partial charge in [0.25, 0.3) is 0 Å². The van der Waals surface area contributed by atoms with Gasteiger partial charge in [-0.2, -0.15) is 0 Å². The molecule has 0 aromatic rings. The van der Waals surface area contributed by atoms with Crippen molar-refractivity contribution in [1.29, 1.82) is 0 Å². The van der Waals surface area contributed by atoms with E-state index in [9.17, 15) is 4.79 Å². The third kappa shape index (κ3) is 0.896. The molecule has 1 saturated heterocycles. The summed E-state index contributed by atoms with van der Waals surface area (Å²) in [5.74, 6) is 0. The van der Waals surface area contributed by atoms with Gasteiger partial charge in [-0.15, -0.1) is 6.58 Å². The van der Waals surface area contributed by atoms with Gasteiger partial charge in [-0.25, -0.2) is 4.79 Å². The van der Waals surface area contributed by atoms with Crippen LogP contribution in [0.2, 0.25) is 0 Å². The molecule has 1 aliphatic rings. The number of hydrogen-bond acceptors (Lipinski definition) is 2. The van der Waals surface area contributed by atoms with Crippen molar-refractivity contribution >= 4 is 6.09 Å². The normalized spacial score (nSPS) is 26.1. The Kier molecular flexibility index (Phi) is 1.42. The van der Waals surface area contributed by atoms with Crippen molar-refractivity contribution in [3.8, 4) is 0 Å². The Morgan fingerprint density at radius 3 is 2.89 bits per heavy atom. The fraction of sp³-hybridized carbons (Fsp3) is 0.500. The first-order valence-electron chi connectivity index (χ1n) is 2.78. The maximum absolute atomic E-state index is 10.6. The summed E-state index contributed by atoms with van der Waals surface area (Å²) in [6, 6.07) is 0.0671. The van der Waals surface area contributed by atoms with Crippen LogP contribution < -0.4 is 0 Å². The summed E-state index contributed by atoms with van der Waals surface area (Å²) in [4.78, 5) is 12.1. The highest BCUT2D eigenvalue weighted by Gasteiger charge is 2.26. The molecule has 0 saturated carbocycles.